The number of nitrogens with zero attached hydrogens (tertiary/aromatic N) is 5. The normalized spacial score (nSPS) is 19.0. The molecule has 1 fully saturated rings. The number of carbonyl (C=O) groups excluding carboxylic acids is 1. The van der Waals surface area contributed by atoms with Crippen molar-refractivity contribution in [3.63, 3.8) is 0 Å². The van der Waals surface area contributed by atoms with E-state index >= 15 is 0 Å². The lowest BCUT2D eigenvalue weighted by Crippen LogP contribution is -2.41. The second kappa shape index (κ2) is 10.2. The van der Waals surface area contributed by atoms with Crippen LogP contribution in [0.4, 0.5) is 4.79 Å². The predicted molar refractivity (Wildman–Crippen MR) is 128 cm³/mol. The van der Waals surface area contributed by atoms with Crippen molar-refractivity contribution in [3.05, 3.63) is 24.0 Å². The molecule has 1 aromatic heterocycles. The number of hydrogen-bond donors (Lipinski definition) is 1. The van der Waals surface area contributed by atoms with Gasteiger partial charge in [-0.15, -0.1) is 4.28 Å². The second-order valence-electron chi connectivity index (χ2n) is 10.2. The Morgan fingerprint density at radius 3 is 2.42 bits per heavy atom. The molecular formula is C20H37N5O6SSi. The summed E-state index contributed by atoms with van der Waals surface area (Å²) < 4.78 is 43.4. The van der Waals surface area contributed by atoms with Crippen molar-refractivity contribution in [2.75, 3.05) is 40.8 Å². The summed E-state index contributed by atoms with van der Waals surface area (Å²) in [5.41, 5.74) is 1.68. The van der Waals surface area contributed by atoms with Gasteiger partial charge in [0.05, 0.1) is 12.2 Å². The Morgan fingerprint density at radius 2 is 1.88 bits per heavy atom. The number of rotatable bonds is 7. The van der Waals surface area contributed by atoms with Crippen molar-refractivity contribution < 1.29 is 26.5 Å². The molecule has 0 spiro atoms. The molecule has 13 heteroatoms. The highest BCUT2D eigenvalue weighted by Crippen LogP contribution is 2.36. The first-order valence-electron chi connectivity index (χ1n) is 10.8. The lowest BCUT2D eigenvalue weighted by atomic mass is 10.2. The van der Waals surface area contributed by atoms with Crippen LogP contribution in [-0.4, -0.2) is 98.8 Å². The number of urea groups is 1. The summed E-state index contributed by atoms with van der Waals surface area (Å²) >= 11 is 0. The molecule has 0 saturated carbocycles. The third-order valence-electron chi connectivity index (χ3n) is 5.70. The molecule has 3 rings (SSSR count). The molecule has 1 unspecified atom stereocenters. The van der Waals surface area contributed by atoms with Crippen LogP contribution in [0.15, 0.2) is 18.3 Å². The van der Waals surface area contributed by atoms with E-state index < -0.39 is 30.8 Å². The monoisotopic (exact) mass is 503 g/mol. The molecule has 0 radical (unpaired) electrons. The van der Waals surface area contributed by atoms with E-state index in [-0.39, 0.29) is 18.1 Å². The van der Waals surface area contributed by atoms with Crippen molar-refractivity contribution in [1.29, 1.82) is 0 Å². The Kier molecular flexibility index (Phi) is 8.52. The third kappa shape index (κ3) is 7.35. The summed E-state index contributed by atoms with van der Waals surface area (Å²) in [5.74, 6) is 0. The van der Waals surface area contributed by atoms with Crippen molar-refractivity contribution in [3.8, 4) is 0 Å². The molecule has 0 aromatic carbocycles. The maximum Gasteiger partial charge on any atom is 0.418 e. The predicted octanol–water partition coefficient (Wildman–Crippen LogP) is 2.32. The van der Waals surface area contributed by atoms with Crippen LogP contribution in [0, 0.1) is 0 Å². The molecule has 188 valence electrons. The average molecular weight is 504 g/mol. The molecule has 2 amide bonds. The smallest absolute Gasteiger partial charge is 0.416 e. The summed E-state index contributed by atoms with van der Waals surface area (Å²) in [4.78, 5) is 15.8. The third-order valence-corrected chi connectivity index (χ3v) is 10.6. The molecule has 2 bridgehead atoms. The maximum absolute atomic E-state index is 12.3. The van der Waals surface area contributed by atoms with Gasteiger partial charge in [-0.2, -0.15) is 18.6 Å². The number of carbonyl (C=O) groups is 1. The van der Waals surface area contributed by atoms with Gasteiger partial charge in [0.25, 0.3) is 0 Å². The lowest BCUT2D eigenvalue weighted by Gasteiger charge is -2.36. The summed E-state index contributed by atoms with van der Waals surface area (Å²) in [5, 5.41) is 5.16. The number of amides is 2. The highest BCUT2D eigenvalue weighted by atomic mass is 32.3. The van der Waals surface area contributed by atoms with Gasteiger partial charge in [-0.1, -0.05) is 20.8 Å². The standard InChI is InChI=1S/C17H28N4O6SSi.C3H9N/c1-17(2,3)29(4,5)26-9-7-13-6-8-18-20(13)14-10-15-12-19(11-14)16(22)21(15)27-28(23,24)25;1-4(2)3/h6,8,10,15H,7,9,11-12H2,1-5H3,(H,23,24,25);1-3H3. The van der Waals surface area contributed by atoms with Crippen molar-refractivity contribution in [1.82, 2.24) is 24.6 Å². The number of hydroxylamine groups is 2. The van der Waals surface area contributed by atoms with Crippen LogP contribution in [-0.2, 0) is 25.5 Å². The molecule has 1 saturated heterocycles. The Balaban J connectivity index is 0.000000890. The van der Waals surface area contributed by atoms with Crippen molar-refractivity contribution in [2.24, 2.45) is 0 Å². The Bertz CT molecular complexity index is 967. The van der Waals surface area contributed by atoms with Crippen LogP contribution in [0.3, 0.4) is 0 Å². The van der Waals surface area contributed by atoms with E-state index in [0.717, 1.165) is 11.4 Å². The fraction of sp³-hybridized carbons (Fsp3) is 0.700. The van der Waals surface area contributed by atoms with E-state index in [9.17, 15) is 13.2 Å². The zero-order valence-corrected chi connectivity index (χ0v) is 22.6. The quantitative estimate of drug-likeness (QED) is 0.445. The highest BCUT2D eigenvalue weighted by Gasteiger charge is 2.43. The summed E-state index contributed by atoms with van der Waals surface area (Å²) in [6.07, 6.45) is 4.08. The molecule has 1 N–H and O–H groups in total. The minimum Gasteiger partial charge on any atom is -0.416 e. The molecule has 2 aliphatic rings. The lowest BCUT2D eigenvalue weighted by molar-refractivity contribution is -0.0183. The SMILES string of the molecule is CC(C)(C)[Si](C)(C)OCCc1ccnn1C1=CC2CN(C1)C(=O)N2OS(=O)(=O)O.CN(C)C. The first-order chi connectivity index (χ1) is 15.0. The van der Waals surface area contributed by atoms with E-state index in [1.807, 2.05) is 32.1 Å². The first kappa shape index (κ1) is 27.5. The van der Waals surface area contributed by atoms with E-state index in [2.05, 4.69) is 43.2 Å². The van der Waals surface area contributed by atoms with E-state index in [1.165, 1.54) is 4.90 Å². The first-order valence-corrected chi connectivity index (χ1v) is 15.0. The molecule has 2 aliphatic heterocycles. The van der Waals surface area contributed by atoms with Crippen LogP contribution >= 0.6 is 0 Å². The molecular weight excluding hydrogens is 466 g/mol. The van der Waals surface area contributed by atoms with Gasteiger partial charge in [-0.05, 0) is 51.4 Å². The molecule has 1 atom stereocenters. The summed E-state index contributed by atoms with van der Waals surface area (Å²) in [7, 11) is -0.632. The van der Waals surface area contributed by atoms with Crippen LogP contribution in [0.2, 0.25) is 18.1 Å². The topological polar surface area (TPSA) is 117 Å². The number of aromatic nitrogens is 2. The van der Waals surface area contributed by atoms with Crippen molar-refractivity contribution in [2.45, 2.75) is 51.4 Å². The Labute approximate surface area is 198 Å². The minimum atomic E-state index is -4.78. The fourth-order valence-corrected chi connectivity index (χ4v) is 4.54. The van der Waals surface area contributed by atoms with E-state index in [1.54, 1.807) is 17.0 Å². The zero-order valence-electron chi connectivity index (χ0n) is 20.8. The molecule has 3 heterocycles. The number of fused-ring (bicyclic) bond motifs is 2. The van der Waals surface area contributed by atoms with Gasteiger partial charge < -0.3 is 14.2 Å². The van der Waals surface area contributed by atoms with Crippen molar-refractivity contribution >= 4 is 30.4 Å². The number of hydrogen-bond acceptors (Lipinski definition) is 7. The fourth-order valence-electron chi connectivity index (χ4n) is 3.11. The van der Waals surface area contributed by atoms with Crippen LogP contribution in [0.25, 0.3) is 5.70 Å². The minimum absolute atomic E-state index is 0.127. The van der Waals surface area contributed by atoms with Gasteiger partial charge in [-0.25, -0.2) is 9.48 Å². The van der Waals surface area contributed by atoms with Gasteiger partial charge in [-0.3, -0.25) is 4.55 Å². The highest BCUT2D eigenvalue weighted by molar-refractivity contribution is 7.80. The van der Waals surface area contributed by atoms with Crippen LogP contribution in [0.1, 0.15) is 26.5 Å². The van der Waals surface area contributed by atoms with Crippen LogP contribution in [0.5, 0.6) is 0 Å². The average Bonchev–Trinajstić information content (AvgIpc) is 3.18. The van der Waals surface area contributed by atoms with Gasteiger partial charge in [0.1, 0.15) is 6.04 Å². The largest absolute Gasteiger partial charge is 0.418 e. The van der Waals surface area contributed by atoms with Gasteiger partial charge in [0.2, 0.25) is 0 Å². The van der Waals surface area contributed by atoms with Crippen LogP contribution < -0.4 is 0 Å². The zero-order chi connectivity index (χ0) is 25.2. The van der Waals surface area contributed by atoms with Gasteiger partial charge >= 0.3 is 16.4 Å². The summed E-state index contributed by atoms with van der Waals surface area (Å²) in [6, 6.07) is 0.651. The Hall–Kier alpha value is -1.77. The van der Waals surface area contributed by atoms with E-state index in [0.29, 0.717) is 18.1 Å². The molecule has 0 aliphatic carbocycles. The maximum atomic E-state index is 12.3. The molecule has 33 heavy (non-hydrogen) atoms. The Morgan fingerprint density at radius 1 is 1.27 bits per heavy atom. The molecule has 11 nitrogen and oxygen atoms in total. The molecule has 1 aromatic rings. The van der Waals surface area contributed by atoms with Gasteiger partial charge in [0, 0.05) is 31.5 Å². The second-order valence-corrected chi connectivity index (χ2v) is 16.0. The summed E-state index contributed by atoms with van der Waals surface area (Å²) in [6.45, 7) is 12.1. The van der Waals surface area contributed by atoms with Gasteiger partial charge in [0.15, 0.2) is 8.32 Å². The van der Waals surface area contributed by atoms with E-state index in [4.69, 9.17) is 8.98 Å².